The zero-order chi connectivity index (χ0) is 15.1. The maximum atomic E-state index is 13.9. The first-order valence-corrected chi connectivity index (χ1v) is 5.95. The Balaban J connectivity index is 2.54. The molecule has 1 aromatic rings. The maximum Gasteiger partial charge on any atom is 0.328 e. The van der Waals surface area contributed by atoms with Crippen LogP contribution in [0, 0.1) is 10.5 Å². The maximum absolute atomic E-state index is 13.9. The highest BCUT2D eigenvalue weighted by atomic mass is 32.1. The number of ether oxygens (including phenoxy) is 1. The molecule has 0 aliphatic carbocycles. The number of nitrogens with zero attached hydrogens (tertiary/aromatic N) is 1. The molecule has 112 valence electrons. The van der Waals surface area contributed by atoms with E-state index in [4.69, 9.17) is 9.84 Å². The molecule has 0 spiro atoms. The standard InChI is InChI=1S/C10H11F3N2O4S/c11-3-10(18)6(13)5(2-16)19-8(10)15-1-4(12)7(20)14-9(15)17/h1,5-6,8,16,18H,2-3H2,(H,14,17,20)/t5-,6?,8-,10-/m1/s1. The van der Waals surface area contributed by atoms with Gasteiger partial charge in [-0.1, -0.05) is 12.2 Å². The molecule has 0 saturated carbocycles. The molecular formula is C10H11F3N2O4S. The molecule has 1 aliphatic heterocycles. The van der Waals surface area contributed by atoms with Gasteiger partial charge in [-0.15, -0.1) is 0 Å². The summed E-state index contributed by atoms with van der Waals surface area (Å²) in [5, 5.41) is 18.9. The van der Waals surface area contributed by atoms with Crippen molar-refractivity contribution in [2.45, 2.75) is 24.1 Å². The van der Waals surface area contributed by atoms with Crippen LogP contribution < -0.4 is 5.69 Å². The topological polar surface area (TPSA) is 87.5 Å². The molecule has 0 aromatic carbocycles. The summed E-state index contributed by atoms with van der Waals surface area (Å²) in [5.74, 6) is -1.02. The molecular weight excluding hydrogens is 301 g/mol. The minimum atomic E-state index is -2.71. The van der Waals surface area contributed by atoms with Crippen LogP contribution in [0.2, 0.25) is 0 Å². The van der Waals surface area contributed by atoms with E-state index >= 15 is 0 Å². The third-order valence-corrected chi connectivity index (χ3v) is 3.40. The predicted octanol–water partition coefficient (Wildman–Crippen LogP) is -0.0266. The van der Waals surface area contributed by atoms with Crippen molar-refractivity contribution in [3.63, 3.8) is 0 Å². The summed E-state index contributed by atoms with van der Waals surface area (Å²) in [6.45, 7) is -2.42. The van der Waals surface area contributed by atoms with Crippen LogP contribution in [0.15, 0.2) is 11.0 Å². The Morgan fingerprint density at radius 1 is 1.60 bits per heavy atom. The van der Waals surface area contributed by atoms with E-state index < -0.39 is 53.5 Å². The average molecular weight is 312 g/mol. The number of aromatic nitrogens is 2. The summed E-state index contributed by atoms with van der Waals surface area (Å²) in [5.41, 5.74) is -3.71. The molecule has 20 heavy (non-hydrogen) atoms. The predicted molar refractivity (Wildman–Crippen MR) is 62.7 cm³/mol. The smallest absolute Gasteiger partial charge is 0.328 e. The van der Waals surface area contributed by atoms with E-state index in [2.05, 4.69) is 12.2 Å². The molecule has 10 heteroatoms. The van der Waals surface area contributed by atoms with E-state index in [9.17, 15) is 23.1 Å². The fraction of sp³-hybridized carbons (Fsp3) is 0.600. The van der Waals surface area contributed by atoms with Crippen molar-refractivity contribution in [3.8, 4) is 0 Å². The Morgan fingerprint density at radius 3 is 2.80 bits per heavy atom. The summed E-state index contributed by atoms with van der Waals surface area (Å²) in [6.07, 6.45) is -5.05. The monoisotopic (exact) mass is 312 g/mol. The van der Waals surface area contributed by atoms with Crippen molar-refractivity contribution < 1.29 is 28.1 Å². The molecule has 1 unspecified atom stereocenters. The Morgan fingerprint density at radius 2 is 2.25 bits per heavy atom. The second-order valence-corrected chi connectivity index (χ2v) is 4.79. The molecule has 2 rings (SSSR count). The summed E-state index contributed by atoms with van der Waals surface area (Å²) in [4.78, 5) is 13.6. The first-order valence-electron chi connectivity index (χ1n) is 5.55. The molecule has 1 aliphatic rings. The zero-order valence-corrected chi connectivity index (χ0v) is 10.7. The fourth-order valence-electron chi connectivity index (χ4n) is 2.03. The number of aromatic amines is 1. The number of hydrogen-bond donors (Lipinski definition) is 3. The number of hydrogen-bond acceptors (Lipinski definition) is 5. The van der Waals surface area contributed by atoms with Crippen LogP contribution in [0.1, 0.15) is 6.23 Å². The van der Waals surface area contributed by atoms with Crippen molar-refractivity contribution in [3.05, 3.63) is 27.1 Å². The molecule has 0 bridgehead atoms. The third-order valence-electron chi connectivity index (χ3n) is 3.11. The van der Waals surface area contributed by atoms with Gasteiger partial charge in [0.2, 0.25) is 0 Å². The van der Waals surface area contributed by atoms with Gasteiger partial charge in [0.25, 0.3) is 0 Å². The van der Waals surface area contributed by atoms with Crippen molar-refractivity contribution in [2.75, 3.05) is 13.3 Å². The number of H-pyrrole nitrogens is 1. The van der Waals surface area contributed by atoms with Gasteiger partial charge in [-0.25, -0.2) is 18.0 Å². The summed E-state index contributed by atoms with van der Waals surface area (Å²) >= 11 is 4.49. The Hall–Kier alpha value is -1.23. The summed E-state index contributed by atoms with van der Waals surface area (Å²) in [6, 6.07) is 0. The SMILES string of the molecule is O=c1[nH]c(=S)c(F)cn1[C@@H]1O[C@H](CO)C(F)[C@]1(O)CF. The lowest BCUT2D eigenvalue weighted by molar-refractivity contribution is -0.113. The highest BCUT2D eigenvalue weighted by Gasteiger charge is 2.58. The quantitative estimate of drug-likeness (QED) is 0.683. The first-order chi connectivity index (χ1) is 9.35. The molecule has 1 aromatic heterocycles. The van der Waals surface area contributed by atoms with Crippen molar-refractivity contribution in [1.82, 2.24) is 9.55 Å². The molecule has 2 heterocycles. The van der Waals surface area contributed by atoms with Gasteiger partial charge in [-0.2, -0.15) is 0 Å². The van der Waals surface area contributed by atoms with Gasteiger partial charge in [0.15, 0.2) is 23.8 Å². The Labute approximate surface area is 115 Å². The molecule has 0 radical (unpaired) electrons. The van der Waals surface area contributed by atoms with Crippen molar-refractivity contribution in [2.24, 2.45) is 0 Å². The van der Waals surface area contributed by atoms with E-state index in [1.807, 2.05) is 4.98 Å². The fourth-order valence-corrected chi connectivity index (χ4v) is 2.17. The number of aliphatic hydroxyl groups excluding tert-OH is 1. The molecule has 4 atom stereocenters. The van der Waals surface area contributed by atoms with E-state index in [1.54, 1.807) is 0 Å². The van der Waals surface area contributed by atoms with Gasteiger partial charge in [-0.05, 0) is 0 Å². The van der Waals surface area contributed by atoms with Gasteiger partial charge in [0.1, 0.15) is 17.4 Å². The van der Waals surface area contributed by atoms with E-state index in [-0.39, 0.29) is 0 Å². The lowest BCUT2D eigenvalue weighted by atomic mass is 9.97. The second kappa shape index (κ2) is 5.28. The van der Waals surface area contributed by atoms with E-state index in [0.717, 1.165) is 0 Å². The molecule has 1 saturated heterocycles. The first kappa shape index (κ1) is 15.2. The van der Waals surface area contributed by atoms with E-state index in [0.29, 0.717) is 10.8 Å². The number of nitrogens with one attached hydrogen (secondary N) is 1. The molecule has 0 amide bonds. The highest BCUT2D eigenvalue weighted by molar-refractivity contribution is 7.71. The van der Waals surface area contributed by atoms with Crippen LogP contribution in [0.3, 0.4) is 0 Å². The van der Waals surface area contributed by atoms with Gasteiger partial charge >= 0.3 is 5.69 Å². The summed E-state index contributed by atoms with van der Waals surface area (Å²) in [7, 11) is 0. The van der Waals surface area contributed by atoms with E-state index in [1.165, 1.54) is 0 Å². The zero-order valence-electron chi connectivity index (χ0n) is 9.92. The van der Waals surface area contributed by atoms with Gasteiger partial charge in [0.05, 0.1) is 12.8 Å². The number of rotatable bonds is 3. The van der Waals surface area contributed by atoms with Crippen LogP contribution in [0.5, 0.6) is 0 Å². The average Bonchev–Trinajstić information content (AvgIpc) is 2.67. The molecule has 1 fully saturated rings. The Bertz CT molecular complexity index is 621. The summed E-state index contributed by atoms with van der Waals surface area (Å²) < 4.78 is 45.1. The van der Waals surface area contributed by atoms with Gasteiger partial charge in [0, 0.05) is 0 Å². The third kappa shape index (κ3) is 2.18. The molecule has 3 N–H and O–H groups in total. The number of halogens is 3. The lowest BCUT2D eigenvalue weighted by Gasteiger charge is -2.27. The van der Waals surface area contributed by atoms with Crippen LogP contribution in [0.4, 0.5) is 13.2 Å². The second-order valence-electron chi connectivity index (χ2n) is 4.38. The van der Waals surface area contributed by atoms with Gasteiger partial charge < -0.3 is 14.9 Å². The van der Waals surface area contributed by atoms with Crippen LogP contribution in [0.25, 0.3) is 0 Å². The van der Waals surface area contributed by atoms with Crippen LogP contribution >= 0.6 is 12.2 Å². The minimum Gasteiger partial charge on any atom is -0.394 e. The number of alkyl halides is 2. The molecule has 6 nitrogen and oxygen atoms in total. The number of aliphatic hydroxyl groups is 2. The normalized spacial score (nSPS) is 33.5. The van der Waals surface area contributed by atoms with Gasteiger partial charge in [-0.3, -0.25) is 9.55 Å². The van der Waals surface area contributed by atoms with Crippen molar-refractivity contribution in [1.29, 1.82) is 0 Å². The highest BCUT2D eigenvalue weighted by Crippen LogP contribution is 2.39. The lowest BCUT2D eigenvalue weighted by Crippen LogP contribution is -2.48. The minimum absolute atomic E-state index is 0.465. The largest absolute Gasteiger partial charge is 0.394 e. The van der Waals surface area contributed by atoms with Crippen LogP contribution in [-0.4, -0.2) is 50.9 Å². The Kier molecular flexibility index (Phi) is 4.00. The van der Waals surface area contributed by atoms with Crippen LogP contribution in [-0.2, 0) is 4.74 Å². The van der Waals surface area contributed by atoms with Crippen molar-refractivity contribution >= 4 is 12.2 Å².